The van der Waals surface area contributed by atoms with Crippen LogP contribution in [0.2, 0.25) is 0 Å². The minimum absolute atomic E-state index is 0.0207. The Morgan fingerprint density at radius 3 is 2.11 bits per heavy atom. The van der Waals surface area contributed by atoms with Crippen LogP contribution in [0.1, 0.15) is 42.5 Å². The number of benzene rings is 3. The normalized spacial score (nSPS) is 12.5. The molecule has 0 radical (unpaired) electrons. The first-order valence-corrected chi connectivity index (χ1v) is 13.4. The van der Waals surface area contributed by atoms with Crippen LogP contribution in [-0.4, -0.2) is 34.6 Å². The van der Waals surface area contributed by atoms with Gasteiger partial charge in [0.2, 0.25) is 11.8 Å². The summed E-state index contributed by atoms with van der Waals surface area (Å²) in [4.78, 5) is 28.9. The summed E-state index contributed by atoms with van der Waals surface area (Å²) in [5, 5.41) is 3.12. The van der Waals surface area contributed by atoms with Crippen LogP contribution in [0.5, 0.6) is 0 Å². The molecule has 0 bridgehead atoms. The van der Waals surface area contributed by atoms with Crippen molar-refractivity contribution >= 4 is 23.6 Å². The minimum atomic E-state index is -0.585. The molecule has 0 aliphatic carbocycles. The number of nitrogens with one attached hydrogen (secondary N) is 1. The second kappa shape index (κ2) is 13.7. The lowest BCUT2D eigenvalue weighted by atomic mass is 10.0. The first kappa shape index (κ1) is 26.6. The van der Waals surface area contributed by atoms with Gasteiger partial charge in [-0.1, -0.05) is 91.9 Å². The van der Waals surface area contributed by atoms with Gasteiger partial charge in [-0.05, 0) is 42.5 Å². The van der Waals surface area contributed by atoms with Crippen LogP contribution in [0.4, 0.5) is 0 Å². The van der Waals surface area contributed by atoms with Gasteiger partial charge in [-0.2, -0.15) is 0 Å². The summed E-state index contributed by atoms with van der Waals surface area (Å²) in [6, 6.07) is 27.6. The second-order valence-electron chi connectivity index (χ2n) is 8.95. The Morgan fingerprint density at radius 1 is 0.886 bits per heavy atom. The van der Waals surface area contributed by atoms with Crippen molar-refractivity contribution in [3.8, 4) is 0 Å². The van der Waals surface area contributed by atoms with Crippen molar-refractivity contribution < 1.29 is 9.59 Å². The van der Waals surface area contributed by atoms with E-state index in [1.54, 1.807) is 16.7 Å². The van der Waals surface area contributed by atoms with E-state index >= 15 is 0 Å². The summed E-state index contributed by atoms with van der Waals surface area (Å²) in [6.45, 7) is 6.54. The highest BCUT2D eigenvalue weighted by molar-refractivity contribution is 7.99. The number of aryl methyl sites for hydroxylation is 1. The van der Waals surface area contributed by atoms with Crippen LogP contribution < -0.4 is 5.32 Å². The van der Waals surface area contributed by atoms with E-state index in [-0.39, 0.29) is 17.9 Å². The Balaban J connectivity index is 1.84. The summed E-state index contributed by atoms with van der Waals surface area (Å²) < 4.78 is 0. The Kier molecular flexibility index (Phi) is 10.4. The molecule has 0 heterocycles. The summed E-state index contributed by atoms with van der Waals surface area (Å²) in [5.74, 6) is 0.965. The smallest absolute Gasteiger partial charge is 0.243 e. The van der Waals surface area contributed by atoms with Gasteiger partial charge in [0.05, 0.1) is 5.75 Å². The summed E-state index contributed by atoms with van der Waals surface area (Å²) in [5.41, 5.74) is 4.51. The number of hydrogen-bond acceptors (Lipinski definition) is 3. The summed E-state index contributed by atoms with van der Waals surface area (Å²) in [6.07, 6.45) is 1.31. The Labute approximate surface area is 214 Å². The molecule has 3 aromatic carbocycles. The second-order valence-corrected chi connectivity index (χ2v) is 9.94. The number of thioether (sulfide) groups is 1. The molecule has 184 valence electrons. The predicted molar refractivity (Wildman–Crippen MR) is 146 cm³/mol. The van der Waals surface area contributed by atoms with Crippen LogP contribution in [0.15, 0.2) is 84.9 Å². The maximum atomic E-state index is 13.6. The molecule has 0 fully saturated rings. The van der Waals surface area contributed by atoms with Crippen molar-refractivity contribution in [2.45, 2.75) is 58.0 Å². The van der Waals surface area contributed by atoms with Gasteiger partial charge in [0.1, 0.15) is 6.04 Å². The van der Waals surface area contributed by atoms with E-state index in [1.807, 2.05) is 86.6 Å². The number of amides is 2. The molecule has 5 heteroatoms. The molecule has 0 spiro atoms. The highest BCUT2D eigenvalue weighted by atomic mass is 32.2. The maximum Gasteiger partial charge on any atom is 0.243 e. The molecule has 35 heavy (non-hydrogen) atoms. The third-order valence-electron chi connectivity index (χ3n) is 6.21. The van der Waals surface area contributed by atoms with Gasteiger partial charge in [0, 0.05) is 24.8 Å². The van der Waals surface area contributed by atoms with Crippen molar-refractivity contribution in [2.75, 3.05) is 5.75 Å². The van der Waals surface area contributed by atoms with Gasteiger partial charge in [0.15, 0.2) is 0 Å². The fraction of sp³-hybridized carbons (Fsp3) is 0.333. The minimum Gasteiger partial charge on any atom is -0.352 e. The molecule has 0 saturated carbocycles. The molecule has 2 amide bonds. The monoisotopic (exact) mass is 488 g/mol. The fourth-order valence-corrected chi connectivity index (χ4v) is 4.86. The lowest BCUT2D eigenvalue weighted by Gasteiger charge is -2.32. The zero-order valence-electron chi connectivity index (χ0n) is 20.9. The Morgan fingerprint density at radius 2 is 1.49 bits per heavy atom. The molecule has 2 atom stereocenters. The van der Waals surface area contributed by atoms with Gasteiger partial charge < -0.3 is 10.2 Å². The summed E-state index contributed by atoms with van der Waals surface area (Å²) >= 11 is 1.60. The molecular formula is C30H36N2O2S. The zero-order chi connectivity index (χ0) is 25.0. The van der Waals surface area contributed by atoms with Crippen molar-refractivity contribution in [1.82, 2.24) is 10.2 Å². The number of nitrogens with zero attached hydrogens (tertiary/aromatic N) is 1. The Bertz CT molecular complexity index is 1070. The molecule has 0 unspecified atom stereocenters. The van der Waals surface area contributed by atoms with Gasteiger partial charge in [0.25, 0.3) is 0 Å². The van der Waals surface area contributed by atoms with Crippen LogP contribution in [0.25, 0.3) is 0 Å². The lowest BCUT2D eigenvalue weighted by Crippen LogP contribution is -2.52. The van der Waals surface area contributed by atoms with Gasteiger partial charge in [-0.25, -0.2) is 0 Å². The third-order valence-corrected chi connectivity index (χ3v) is 7.18. The number of carbonyl (C=O) groups excluding carboxylic acids is 2. The first-order chi connectivity index (χ1) is 17.0. The van der Waals surface area contributed by atoms with E-state index in [1.165, 1.54) is 11.1 Å². The van der Waals surface area contributed by atoms with E-state index in [0.717, 1.165) is 23.3 Å². The number of carbonyl (C=O) groups is 2. The van der Waals surface area contributed by atoms with Gasteiger partial charge in [-0.15, -0.1) is 11.8 Å². The molecule has 4 nitrogen and oxygen atoms in total. The molecule has 3 rings (SSSR count). The van der Waals surface area contributed by atoms with E-state index in [0.29, 0.717) is 18.7 Å². The molecule has 0 aliphatic rings. The van der Waals surface area contributed by atoms with Crippen molar-refractivity contribution in [1.29, 1.82) is 0 Å². The highest BCUT2D eigenvalue weighted by Gasteiger charge is 2.30. The van der Waals surface area contributed by atoms with E-state index in [4.69, 9.17) is 0 Å². The quantitative estimate of drug-likeness (QED) is 0.351. The first-order valence-electron chi connectivity index (χ1n) is 12.3. The van der Waals surface area contributed by atoms with Crippen molar-refractivity contribution in [3.63, 3.8) is 0 Å². The molecule has 0 saturated heterocycles. The molecule has 0 aromatic heterocycles. The van der Waals surface area contributed by atoms with E-state index in [9.17, 15) is 9.59 Å². The average molecular weight is 489 g/mol. The SMILES string of the molecule is CC[C@H](C)NC(=O)[C@H](Cc1ccccc1)N(Cc1ccccc1)C(=O)CSCc1ccccc1C. The Hall–Kier alpha value is -3.05. The standard InChI is InChI=1S/C30H36N2O2S/c1-4-24(3)31-30(34)28(19-25-14-7-5-8-15-25)32(20-26-16-9-6-10-17-26)29(33)22-35-21-27-18-12-11-13-23(27)2/h5-18,24,28H,4,19-22H2,1-3H3,(H,31,34)/t24-,28-/m0/s1. The highest BCUT2D eigenvalue weighted by Crippen LogP contribution is 2.20. The van der Waals surface area contributed by atoms with Crippen molar-refractivity contribution in [3.05, 3.63) is 107 Å². The van der Waals surface area contributed by atoms with Crippen LogP contribution in [0, 0.1) is 6.92 Å². The van der Waals surface area contributed by atoms with E-state index in [2.05, 4.69) is 24.4 Å². The number of rotatable bonds is 12. The zero-order valence-corrected chi connectivity index (χ0v) is 21.8. The van der Waals surface area contributed by atoms with Crippen LogP contribution >= 0.6 is 11.8 Å². The van der Waals surface area contributed by atoms with Crippen LogP contribution in [-0.2, 0) is 28.3 Å². The van der Waals surface area contributed by atoms with E-state index < -0.39 is 6.04 Å². The van der Waals surface area contributed by atoms with Gasteiger partial charge >= 0.3 is 0 Å². The largest absolute Gasteiger partial charge is 0.352 e. The molecular weight excluding hydrogens is 452 g/mol. The third kappa shape index (κ3) is 8.29. The molecule has 3 aromatic rings. The van der Waals surface area contributed by atoms with Gasteiger partial charge in [-0.3, -0.25) is 9.59 Å². The average Bonchev–Trinajstić information content (AvgIpc) is 2.88. The van der Waals surface area contributed by atoms with Crippen LogP contribution in [0.3, 0.4) is 0 Å². The number of hydrogen-bond donors (Lipinski definition) is 1. The molecule has 1 N–H and O–H groups in total. The predicted octanol–water partition coefficient (Wildman–Crippen LogP) is 5.78. The fourth-order valence-electron chi connectivity index (χ4n) is 3.88. The maximum absolute atomic E-state index is 13.6. The molecule has 0 aliphatic heterocycles. The topological polar surface area (TPSA) is 49.4 Å². The van der Waals surface area contributed by atoms with Crippen molar-refractivity contribution in [2.24, 2.45) is 0 Å². The summed E-state index contributed by atoms with van der Waals surface area (Å²) in [7, 11) is 0. The lowest BCUT2D eigenvalue weighted by molar-refractivity contribution is -0.139.